The zero-order valence-electron chi connectivity index (χ0n) is 8.01. The maximum absolute atomic E-state index is 9.78. The second-order valence-electron chi connectivity index (χ2n) is 3.88. The van der Waals surface area contributed by atoms with Crippen molar-refractivity contribution in [2.45, 2.75) is 44.2 Å². The molecular weight excluding hydrogens is 208 g/mol. The minimum atomic E-state index is -0.725. The molecule has 0 aliphatic carbocycles. The van der Waals surface area contributed by atoms with Crippen LogP contribution in [0.3, 0.4) is 0 Å². The Morgan fingerprint density at radius 3 is 2.64 bits per heavy atom. The van der Waals surface area contributed by atoms with Gasteiger partial charge in [0.1, 0.15) is 18.3 Å². The number of hydrogen-bond acceptors (Lipinski definition) is 4. The van der Waals surface area contributed by atoms with Crippen LogP contribution >= 0.6 is 11.6 Å². The van der Waals surface area contributed by atoms with Gasteiger partial charge in [-0.25, -0.2) is 0 Å². The standard InChI is InChI=1S/C9H13ClO4/c1-9(2)13-7-6(11)5(3-4-10)12-8(7)14-9/h3-8,11H,1-2H3/b4-3+/t5-,6+,7-,8-/m1/s1. The maximum Gasteiger partial charge on any atom is 0.190 e. The summed E-state index contributed by atoms with van der Waals surface area (Å²) >= 11 is 5.41. The normalized spacial score (nSPS) is 46.0. The summed E-state index contributed by atoms with van der Waals surface area (Å²) in [6, 6.07) is 0. The molecule has 4 nitrogen and oxygen atoms in total. The molecule has 5 heteroatoms. The Labute approximate surface area is 87.4 Å². The van der Waals surface area contributed by atoms with E-state index in [4.69, 9.17) is 25.8 Å². The quantitative estimate of drug-likeness (QED) is 0.716. The van der Waals surface area contributed by atoms with Gasteiger partial charge in [-0.1, -0.05) is 11.6 Å². The third-order valence-corrected chi connectivity index (χ3v) is 2.46. The van der Waals surface area contributed by atoms with Crippen LogP contribution in [0.2, 0.25) is 0 Å². The van der Waals surface area contributed by atoms with E-state index in [1.54, 1.807) is 19.9 Å². The third kappa shape index (κ3) is 1.68. The molecule has 0 amide bonds. The van der Waals surface area contributed by atoms with Gasteiger partial charge < -0.3 is 19.3 Å². The summed E-state index contributed by atoms with van der Waals surface area (Å²) < 4.78 is 16.3. The Morgan fingerprint density at radius 1 is 1.36 bits per heavy atom. The fourth-order valence-electron chi connectivity index (χ4n) is 1.75. The Kier molecular flexibility index (Phi) is 2.57. The van der Waals surface area contributed by atoms with Crippen molar-refractivity contribution in [3.63, 3.8) is 0 Å². The van der Waals surface area contributed by atoms with Crippen LogP contribution in [0, 0.1) is 0 Å². The molecule has 0 aromatic heterocycles. The lowest BCUT2D eigenvalue weighted by molar-refractivity contribution is -0.209. The molecule has 4 atom stereocenters. The molecule has 2 saturated heterocycles. The van der Waals surface area contributed by atoms with Crippen molar-refractivity contribution in [3.05, 3.63) is 11.6 Å². The van der Waals surface area contributed by atoms with Gasteiger partial charge in [-0.2, -0.15) is 0 Å². The molecule has 0 radical (unpaired) electrons. The molecule has 14 heavy (non-hydrogen) atoms. The van der Waals surface area contributed by atoms with Crippen LogP contribution in [0.4, 0.5) is 0 Å². The second-order valence-corrected chi connectivity index (χ2v) is 4.13. The van der Waals surface area contributed by atoms with Gasteiger partial charge in [-0.3, -0.25) is 0 Å². The van der Waals surface area contributed by atoms with Crippen molar-refractivity contribution in [2.24, 2.45) is 0 Å². The summed E-state index contributed by atoms with van der Waals surface area (Å²) in [6.45, 7) is 3.57. The Morgan fingerprint density at radius 2 is 2.07 bits per heavy atom. The average Bonchev–Trinajstić information content (AvgIpc) is 2.50. The first-order valence-electron chi connectivity index (χ1n) is 4.49. The molecule has 1 N–H and O–H groups in total. The van der Waals surface area contributed by atoms with Crippen molar-refractivity contribution in [1.82, 2.24) is 0 Å². The van der Waals surface area contributed by atoms with E-state index < -0.39 is 30.4 Å². The highest BCUT2D eigenvalue weighted by Gasteiger charge is 2.53. The lowest BCUT2D eigenvalue weighted by Crippen LogP contribution is -2.33. The zero-order chi connectivity index (χ0) is 10.3. The molecular formula is C9H13ClO4. The fraction of sp³-hybridized carbons (Fsp3) is 0.778. The van der Waals surface area contributed by atoms with Crippen molar-refractivity contribution in [3.8, 4) is 0 Å². The first-order chi connectivity index (χ1) is 6.53. The number of hydrogen-bond donors (Lipinski definition) is 1. The molecule has 0 saturated carbocycles. The second kappa shape index (κ2) is 3.47. The van der Waals surface area contributed by atoms with Crippen LogP contribution in [0.1, 0.15) is 13.8 Å². The van der Waals surface area contributed by atoms with Crippen molar-refractivity contribution in [2.75, 3.05) is 0 Å². The van der Waals surface area contributed by atoms with E-state index in [1.165, 1.54) is 5.54 Å². The Bertz CT molecular complexity index is 253. The van der Waals surface area contributed by atoms with Gasteiger partial charge in [0, 0.05) is 5.54 Å². The van der Waals surface area contributed by atoms with Crippen LogP contribution in [0.15, 0.2) is 11.6 Å². The van der Waals surface area contributed by atoms with Crippen molar-refractivity contribution < 1.29 is 19.3 Å². The molecule has 80 valence electrons. The zero-order valence-corrected chi connectivity index (χ0v) is 8.77. The predicted octanol–water partition coefficient (Wildman–Crippen LogP) is 0.976. The lowest BCUT2D eigenvalue weighted by Gasteiger charge is -2.21. The highest BCUT2D eigenvalue weighted by Crippen LogP contribution is 2.37. The van der Waals surface area contributed by atoms with Gasteiger partial charge in [0.2, 0.25) is 0 Å². The summed E-state index contributed by atoms with van der Waals surface area (Å²) in [5.41, 5.74) is 1.32. The van der Waals surface area contributed by atoms with Gasteiger partial charge in [0.25, 0.3) is 0 Å². The van der Waals surface area contributed by atoms with Gasteiger partial charge in [0.15, 0.2) is 12.1 Å². The van der Waals surface area contributed by atoms with Crippen LogP contribution in [-0.2, 0) is 14.2 Å². The van der Waals surface area contributed by atoms with E-state index >= 15 is 0 Å². The Hall–Kier alpha value is -0.130. The highest BCUT2D eigenvalue weighted by molar-refractivity contribution is 6.25. The number of aliphatic hydroxyl groups excluding tert-OH is 1. The van der Waals surface area contributed by atoms with E-state index in [2.05, 4.69) is 0 Å². The topological polar surface area (TPSA) is 47.9 Å². The number of fused-ring (bicyclic) bond motifs is 1. The molecule has 0 aromatic rings. The maximum atomic E-state index is 9.78. The average molecular weight is 221 g/mol. The number of rotatable bonds is 1. The highest BCUT2D eigenvalue weighted by atomic mass is 35.5. The molecule has 2 aliphatic rings. The molecule has 2 heterocycles. The number of aliphatic hydroxyl groups is 1. The van der Waals surface area contributed by atoms with Gasteiger partial charge in [-0.15, -0.1) is 0 Å². The largest absolute Gasteiger partial charge is 0.387 e. The Balaban J connectivity index is 2.07. The molecule has 0 aromatic carbocycles. The molecule has 2 aliphatic heterocycles. The fourth-order valence-corrected chi connectivity index (χ4v) is 1.89. The van der Waals surface area contributed by atoms with E-state index in [-0.39, 0.29) is 0 Å². The lowest BCUT2D eigenvalue weighted by atomic mass is 10.1. The predicted molar refractivity (Wildman–Crippen MR) is 49.7 cm³/mol. The van der Waals surface area contributed by atoms with Crippen LogP contribution in [0.25, 0.3) is 0 Å². The SMILES string of the molecule is CC1(C)O[C@H]2O[C@H](/C=C/Cl)[C@H](O)[C@H]2O1. The van der Waals surface area contributed by atoms with Crippen LogP contribution in [0.5, 0.6) is 0 Å². The van der Waals surface area contributed by atoms with E-state index in [0.29, 0.717) is 0 Å². The van der Waals surface area contributed by atoms with E-state index in [1.807, 2.05) is 0 Å². The van der Waals surface area contributed by atoms with Crippen molar-refractivity contribution >= 4 is 11.6 Å². The molecule has 0 spiro atoms. The van der Waals surface area contributed by atoms with Crippen molar-refractivity contribution in [1.29, 1.82) is 0 Å². The first kappa shape index (κ1) is 10.4. The van der Waals surface area contributed by atoms with Crippen LogP contribution < -0.4 is 0 Å². The number of halogens is 1. The molecule has 2 rings (SSSR count). The van der Waals surface area contributed by atoms with E-state index in [9.17, 15) is 5.11 Å². The molecule has 0 bridgehead atoms. The van der Waals surface area contributed by atoms with Gasteiger partial charge in [0.05, 0.1) is 0 Å². The monoisotopic (exact) mass is 220 g/mol. The first-order valence-corrected chi connectivity index (χ1v) is 4.93. The smallest absolute Gasteiger partial charge is 0.190 e. The minimum Gasteiger partial charge on any atom is -0.387 e. The summed E-state index contributed by atoms with van der Waals surface area (Å²) in [4.78, 5) is 0. The summed E-state index contributed by atoms with van der Waals surface area (Å²) in [6.07, 6.45) is -0.527. The third-order valence-electron chi connectivity index (χ3n) is 2.31. The van der Waals surface area contributed by atoms with Crippen LogP contribution in [-0.4, -0.2) is 35.5 Å². The van der Waals surface area contributed by atoms with Gasteiger partial charge >= 0.3 is 0 Å². The molecule has 2 fully saturated rings. The number of ether oxygens (including phenoxy) is 3. The summed E-state index contributed by atoms with van der Waals surface area (Å²) in [5.74, 6) is -0.689. The minimum absolute atomic E-state index is 0.428. The molecule has 0 unspecified atom stereocenters. The summed E-state index contributed by atoms with van der Waals surface area (Å²) in [5, 5.41) is 9.78. The summed E-state index contributed by atoms with van der Waals surface area (Å²) in [7, 11) is 0. The van der Waals surface area contributed by atoms with Gasteiger partial charge in [-0.05, 0) is 19.9 Å². The van der Waals surface area contributed by atoms with E-state index in [0.717, 1.165) is 0 Å².